The first-order valence-electron chi connectivity index (χ1n) is 9.38. The summed E-state index contributed by atoms with van der Waals surface area (Å²) in [5, 5.41) is 9.28. The molecular formula is C20H24CoFN5O3+2. The summed E-state index contributed by atoms with van der Waals surface area (Å²) in [6.07, 6.45) is 6.42. The molecule has 2 aromatic heterocycles. The van der Waals surface area contributed by atoms with Crippen LogP contribution in [0.1, 0.15) is 17.3 Å². The maximum Gasteiger partial charge on any atom is 2.00 e. The first-order valence-corrected chi connectivity index (χ1v) is 9.38. The number of fused-ring (bicyclic) bond motifs is 1. The predicted molar refractivity (Wildman–Crippen MR) is 109 cm³/mol. The van der Waals surface area contributed by atoms with Gasteiger partial charge in [0.05, 0.1) is 17.5 Å². The number of pyridine rings is 1. The number of nitrogens with one attached hydrogen (secondary N) is 1. The summed E-state index contributed by atoms with van der Waals surface area (Å²) in [7, 11) is 2.02. The van der Waals surface area contributed by atoms with Gasteiger partial charge >= 0.3 is 22.7 Å². The fourth-order valence-corrected chi connectivity index (χ4v) is 3.32. The largest absolute Gasteiger partial charge is 2.00 e. The molecule has 0 saturated carbocycles. The number of halogens is 1. The Labute approximate surface area is 183 Å². The van der Waals surface area contributed by atoms with Crippen LogP contribution in [-0.4, -0.2) is 63.7 Å². The minimum Gasteiger partial charge on any atom is -0.477 e. The number of nitrogens with zero attached hydrogens (tertiary/aromatic N) is 4. The smallest absolute Gasteiger partial charge is 0.477 e. The van der Waals surface area contributed by atoms with Gasteiger partial charge in [0, 0.05) is 56.7 Å². The Morgan fingerprint density at radius 2 is 1.97 bits per heavy atom. The number of imidazole rings is 1. The minimum atomic E-state index is -1.30. The number of carbonyl (C=O) groups is 1. The molecule has 0 bridgehead atoms. The van der Waals surface area contributed by atoms with E-state index in [0.717, 1.165) is 13.1 Å². The van der Waals surface area contributed by atoms with E-state index in [0.29, 0.717) is 30.8 Å². The number of rotatable bonds is 3. The van der Waals surface area contributed by atoms with Crippen LogP contribution in [0.2, 0.25) is 0 Å². The summed E-state index contributed by atoms with van der Waals surface area (Å²) in [5.74, 6) is -1.79. The number of piperazine rings is 1. The number of H-pyrrole nitrogens is 1. The van der Waals surface area contributed by atoms with Crippen LogP contribution in [0.25, 0.3) is 10.9 Å². The molecule has 161 valence electrons. The van der Waals surface area contributed by atoms with Crippen molar-refractivity contribution < 1.29 is 31.1 Å². The standard InChI is InChI=1S/C17H20FN3O3.C3H4N2.Co/c1-3-20-10-12(17(23)24)16(22)11-8-13(18)15(9-14(11)20)21-6-4-19(2)5-7-21;1-2-5-3-4-1;/h8-10H,3-7H2,1-2H3,(H,23,24);1-3H,(H,4,5);/q;;+2. The molecule has 0 atom stereocenters. The van der Waals surface area contributed by atoms with Gasteiger partial charge in [0.1, 0.15) is 11.4 Å². The van der Waals surface area contributed by atoms with Gasteiger partial charge in [-0.25, -0.2) is 14.2 Å². The molecule has 1 radical (unpaired) electrons. The van der Waals surface area contributed by atoms with E-state index < -0.39 is 17.2 Å². The molecule has 0 spiro atoms. The van der Waals surface area contributed by atoms with Crippen molar-refractivity contribution >= 4 is 22.6 Å². The number of hydrogen-bond donors (Lipinski definition) is 2. The van der Waals surface area contributed by atoms with Crippen LogP contribution in [0.3, 0.4) is 0 Å². The molecule has 3 heterocycles. The maximum atomic E-state index is 14.6. The zero-order valence-corrected chi connectivity index (χ0v) is 17.8. The van der Waals surface area contributed by atoms with Crippen molar-refractivity contribution in [1.82, 2.24) is 19.4 Å². The Hall–Kier alpha value is -2.69. The number of hydrogen-bond acceptors (Lipinski definition) is 5. The van der Waals surface area contributed by atoms with E-state index in [2.05, 4.69) is 14.9 Å². The van der Waals surface area contributed by atoms with Crippen LogP contribution in [0.4, 0.5) is 10.1 Å². The third-order valence-corrected chi connectivity index (χ3v) is 4.97. The van der Waals surface area contributed by atoms with Gasteiger partial charge < -0.3 is 24.5 Å². The van der Waals surface area contributed by atoms with Crippen LogP contribution in [0.5, 0.6) is 0 Å². The van der Waals surface area contributed by atoms with Crippen molar-refractivity contribution in [2.45, 2.75) is 13.5 Å². The van der Waals surface area contributed by atoms with E-state index in [9.17, 15) is 19.1 Å². The van der Waals surface area contributed by atoms with E-state index in [1.54, 1.807) is 29.4 Å². The number of anilines is 1. The van der Waals surface area contributed by atoms with Crippen LogP contribution in [-0.2, 0) is 23.3 Å². The van der Waals surface area contributed by atoms with Crippen LogP contribution < -0.4 is 10.3 Å². The topological polar surface area (TPSA) is 94.5 Å². The molecule has 0 unspecified atom stereocenters. The molecule has 4 rings (SSSR count). The summed E-state index contributed by atoms with van der Waals surface area (Å²) in [5.41, 5.74) is 0.0326. The summed E-state index contributed by atoms with van der Waals surface area (Å²) in [6.45, 7) is 5.45. The van der Waals surface area contributed by atoms with Crippen molar-refractivity contribution in [2.24, 2.45) is 0 Å². The number of carboxylic acid groups (broad SMARTS) is 1. The molecule has 8 nitrogen and oxygen atoms in total. The molecule has 1 aromatic carbocycles. The second-order valence-electron chi connectivity index (χ2n) is 6.83. The molecule has 1 aliphatic heterocycles. The molecule has 1 aliphatic rings. The van der Waals surface area contributed by atoms with Gasteiger partial charge in [-0.1, -0.05) is 0 Å². The first-order chi connectivity index (χ1) is 13.9. The number of aromatic nitrogens is 3. The summed E-state index contributed by atoms with van der Waals surface area (Å²) in [4.78, 5) is 34.1. The SMILES string of the molecule is CCn1cc(C(=O)O)c(=O)c2cc(F)c(N3CCN(C)CC3)cc21.[Co+2].c1c[nH]cn1. The Kier molecular flexibility index (Phi) is 8.15. The van der Waals surface area contributed by atoms with Crippen molar-refractivity contribution in [3.05, 3.63) is 58.7 Å². The Morgan fingerprint density at radius 1 is 1.27 bits per heavy atom. The quantitative estimate of drug-likeness (QED) is 0.621. The van der Waals surface area contributed by atoms with E-state index in [4.69, 9.17) is 0 Å². The zero-order valence-electron chi connectivity index (χ0n) is 16.8. The Balaban J connectivity index is 0.000000468. The summed E-state index contributed by atoms with van der Waals surface area (Å²) in [6, 6.07) is 2.83. The normalized spacial score (nSPS) is 14.0. The maximum absolute atomic E-state index is 14.6. The van der Waals surface area contributed by atoms with E-state index in [1.165, 1.54) is 12.3 Å². The van der Waals surface area contributed by atoms with Crippen molar-refractivity contribution in [3.63, 3.8) is 0 Å². The van der Waals surface area contributed by atoms with Crippen LogP contribution >= 0.6 is 0 Å². The van der Waals surface area contributed by atoms with Crippen LogP contribution in [0.15, 0.2) is 41.8 Å². The Bertz CT molecular complexity index is 1030. The summed E-state index contributed by atoms with van der Waals surface area (Å²) < 4.78 is 16.3. The van der Waals surface area contributed by atoms with E-state index >= 15 is 0 Å². The van der Waals surface area contributed by atoms with Crippen LogP contribution in [0, 0.1) is 5.82 Å². The Morgan fingerprint density at radius 3 is 2.47 bits per heavy atom. The number of likely N-dealkylation sites (N-methyl/N-ethyl adjacent to an activating group) is 1. The molecule has 0 aliphatic carbocycles. The van der Waals surface area contributed by atoms with Crippen molar-refractivity contribution in [1.29, 1.82) is 0 Å². The first kappa shape index (κ1) is 23.6. The molecule has 30 heavy (non-hydrogen) atoms. The minimum absolute atomic E-state index is 0. The number of aromatic amines is 1. The monoisotopic (exact) mass is 460 g/mol. The second kappa shape index (κ2) is 10.4. The van der Waals surface area contributed by atoms with Gasteiger partial charge in [-0.15, -0.1) is 0 Å². The van der Waals surface area contributed by atoms with Gasteiger partial charge in [0.2, 0.25) is 5.43 Å². The van der Waals surface area contributed by atoms with Gasteiger partial charge in [-0.05, 0) is 26.1 Å². The van der Waals surface area contributed by atoms with Gasteiger partial charge in [-0.2, -0.15) is 0 Å². The predicted octanol–water partition coefficient (Wildman–Crippen LogP) is 2.02. The number of carboxylic acids is 1. The second-order valence-corrected chi connectivity index (χ2v) is 6.83. The third kappa shape index (κ3) is 5.07. The summed E-state index contributed by atoms with van der Waals surface area (Å²) >= 11 is 0. The molecule has 3 aromatic rings. The number of aryl methyl sites for hydroxylation is 1. The number of benzene rings is 1. The zero-order chi connectivity index (χ0) is 21.0. The van der Waals surface area contributed by atoms with E-state index in [-0.39, 0.29) is 27.7 Å². The van der Waals surface area contributed by atoms with Gasteiger partial charge in [0.15, 0.2) is 0 Å². The molecule has 1 fully saturated rings. The molecule has 1 saturated heterocycles. The molecule has 2 N–H and O–H groups in total. The average molecular weight is 460 g/mol. The van der Waals surface area contributed by atoms with Crippen molar-refractivity contribution in [2.75, 3.05) is 38.1 Å². The molecule has 0 amide bonds. The van der Waals surface area contributed by atoms with Gasteiger partial charge in [0.25, 0.3) is 0 Å². The molecule has 10 heteroatoms. The fraction of sp³-hybridized carbons (Fsp3) is 0.350. The van der Waals surface area contributed by atoms with Crippen molar-refractivity contribution in [3.8, 4) is 0 Å². The average Bonchev–Trinajstić information content (AvgIpc) is 3.29. The third-order valence-electron chi connectivity index (χ3n) is 4.97. The van der Waals surface area contributed by atoms with Gasteiger partial charge in [-0.3, -0.25) is 4.79 Å². The molecular weight excluding hydrogens is 436 g/mol. The number of aromatic carboxylic acids is 1. The fourth-order valence-electron chi connectivity index (χ4n) is 3.32. The van der Waals surface area contributed by atoms with E-state index in [1.807, 2.05) is 18.9 Å².